The Balaban J connectivity index is 1.75. The van der Waals surface area contributed by atoms with Gasteiger partial charge in [-0.05, 0) is 55.8 Å². The van der Waals surface area contributed by atoms with Crippen LogP contribution in [0.4, 0.5) is 0 Å². The van der Waals surface area contributed by atoms with Gasteiger partial charge in [0.15, 0.2) is 0 Å². The molecule has 0 N–H and O–H groups in total. The number of nitrogens with zero attached hydrogens (tertiary/aromatic N) is 2. The molecule has 6 nitrogen and oxygen atoms in total. The minimum atomic E-state index is -3.69. The summed E-state index contributed by atoms with van der Waals surface area (Å²) >= 11 is 7.42. The number of hydrogen-bond acceptors (Lipinski definition) is 6. The zero-order chi connectivity index (χ0) is 22.4. The Hall–Kier alpha value is -2.13. The highest BCUT2D eigenvalue weighted by Crippen LogP contribution is 2.25. The molecule has 0 radical (unpaired) electrons. The summed E-state index contributed by atoms with van der Waals surface area (Å²) in [6, 6.07) is 13.4. The molecule has 0 fully saturated rings. The third-order valence-corrected chi connectivity index (χ3v) is 7.90. The molecule has 1 atom stereocenters. The Morgan fingerprint density at radius 2 is 1.90 bits per heavy atom. The molecule has 0 spiro atoms. The van der Waals surface area contributed by atoms with E-state index in [1.807, 2.05) is 31.4 Å². The van der Waals surface area contributed by atoms with Crippen LogP contribution in [0.15, 0.2) is 58.8 Å². The van der Waals surface area contributed by atoms with Crippen molar-refractivity contribution < 1.29 is 17.9 Å². The van der Waals surface area contributed by atoms with Crippen LogP contribution in [0.25, 0.3) is 0 Å². The molecular formula is C22H25ClN2O4S2. The zero-order valence-electron chi connectivity index (χ0n) is 17.6. The molecule has 2 aromatic carbocycles. The Labute approximate surface area is 192 Å². The maximum Gasteiger partial charge on any atom is 0.243 e. The largest absolute Gasteiger partial charge is 0.497 e. The van der Waals surface area contributed by atoms with Gasteiger partial charge in [-0.15, -0.1) is 11.3 Å². The quantitative estimate of drug-likeness (QED) is 0.390. The molecule has 166 valence electrons. The third kappa shape index (κ3) is 5.98. The van der Waals surface area contributed by atoms with Crippen molar-refractivity contribution in [1.82, 2.24) is 9.29 Å². The monoisotopic (exact) mass is 480 g/mol. The van der Waals surface area contributed by atoms with Gasteiger partial charge in [-0.2, -0.15) is 4.31 Å². The summed E-state index contributed by atoms with van der Waals surface area (Å²) in [7, 11) is -2.14. The number of hydrogen-bond donors (Lipinski definition) is 0. The first-order valence-electron chi connectivity index (χ1n) is 9.81. The van der Waals surface area contributed by atoms with E-state index in [1.165, 1.54) is 15.6 Å². The van der Waals surface area contributed by atoms with Crippen LogP contribution in [0.5, 0.6) is 11.5 Å². The second kappa shape index (κ2) is 10.5. The maximum absolute atomic E-state index is 13.3. The SMILES string of the molecule is CCC(C)N(Cc1csc(COc2cccc(Cl)c2)n1)S(=O)(=O)c1ccc(OC)cc1. The summed E-state index contributed by atoms with van der Waals surface area (Å²) in [5.74, 6) is 1.27. The predicted octanol–water partition coefficient (Wildman–Crippen LogP) is 5.37. The van der Waals surface area contributed by atoms with E-state index in [1.54, 1.807) is 43.5 Å². The third-order valence-electron chi connectivity index (χ3n) is 4.82. The molecule has 1 aromatic heterocycles. The van der Waals surface area contributed by atoms with E-state index in [0.717, 1.165) is 5.01 Å². The molecule has 0 aliphatic heterocycles. The Kier molecular flexibility index (Phi) is 7.94. The van der Waals surface area contributed by atoms with Crippen LogP contribution < -0.4 is 9.47 Å². The molecule has 3 rings (SSSR count). The first-order chi connectivity index (χ1) is 14.8. The molecule has 0 aliphatic rings. The number of benzene rings is 2. The van der Waals surface area contributed by atoms with Gasteiger partial charge in [0, 0.05) is 16.4 Å². The van der Waals surface area contributed by atoms with Crippen molar-refractivity contribution in [3.05, 3.63) is 69.6 Å². The standard InChI is InChI=1S/C22H25ClN2O4S2/c1-4-16(2)25(31(26,27)21-10-8-19(28-3)9-11-21)13-18-15-30-22(24-18)14-29-20-7-5-6-17(23)12-20/h5-12,15-16H,4,13-14H2,1-3H3. The number of rotatable bonds is 10. The van der Waals surface area contributed by atoms with E-state index < -0.39 is 10.0 Å². The summed E-state index contributed by atoms with van der Waals surface area (Å²) in [5, 5.41) is 3.24. The second-order valence-corrected chi connectivity index (χ2v) is 10.2. The molecule has 0 aliphatic carbocycles. The number of thiazole rings is 1. The summed E-state index contributed by atoms with van der Waals surface area (Å²) in [6.45, 7) is 4.35. The van der Waals surface area contributed by atoms with Crippen LogP contribution in [0, 0.1) is 0 Å². The fraction of sp³-hybridized carbons (Fsp3) is 0.318. The van der Waals surface area contributed by atoms with E-state index in [-0.39, 0.29) is 17.5 Å². The lowest BCUT2D eigenvalue weighted by Crippen LogP contribution is -2.37. The number of methoxy groups -OCH3 is 1. The van der Waals surface area contributed by atoms with Crippen molar-refractivity contribution >= 4 is 33.0 Å². The Bertz CT molecular complexity index is 1100. The van der Waals surface area contributed by atoms with Gasteiger partial charge in [0.2, 0.25) is 10.0 Å². The molecule has 9 heteroatoms. The molecule has 0 saturated carbocycles. The van der Waals surface area contributed by atoms with Gasteiger partial charge in [0.25, 0.3) is 0 Å². The molecule has 0 saturated heterocycles. The predicted molar refractivity (Wildman–Crippen MR) is 123 cm³/mol. The van der Waals surface area contributed by atoms with Gasteiger partial charge in [0.1, 0.15) is 23.1 Å². The van der Waals surface area contributed by atoms with E-state index in [4.69, 9.17) is 21.1 Å². The Morgan fingerprint density at radius 3 is 2.55 bits per heavy atom. The van der Waals surface area contributed by atoms with Crippen LogP contribution >= 0.6 is 22.9 Å². The first kappa shape index (κ1) is 23.5. The molecule has 3 aromatic rings. The van der Waals surface area contributed by atoms with Crippen molar-refractivity contribution in [2.45, 2.75) is 44.4 Å². The van der Waals surface area contributed by atoms with E-state index >= 15 is 0 Å². The fourth-order valence-electron chi connectivity index (χ4n) is 2.91. The zero-order valence-corrected chi connectivity index (χ0v) is 20.0. The van der Waals surface area contributed by atoms with Crippen LogP contribution in [0.1, 0.15) is 31.0 Å². The lowest BCUT2D eigenvalue weighted by molar-refractivity contribution is 0.302. The average molecular weight is 481 g/mol. The summed E-state index contributed by atoms with van der Waals surface area (Å²) in [5.41, 5.74) is 0.687. The van der Waals surface area contributed by atoms with E-state index in [9.17, 15) is 8.42 Å². The van der Waals surface area contributed by atoms with Crippen LogP contribution in [0.3, 0.4) is 0 Å². The highest BCUT2D eigenvalue weighted by molar-refractivity contribution is 7.89. The van der Waals surface area contributed by atoms with Gasteiger partial charge in [-0.1, -0.05) is 24.6 Å². The van der Waals surface area contributed by atoms with Gasteiger partial charge in [-0.25, -0.2) is 13.4 Å². The normalized spacial score (nSPS) is 12.7. The number of aromatic nitrogens is 1. The molecule has 1 unspecified atom stereocenters. The highest BCUT2D eigenvalue weighted by Gasteiger charge is 2.29. The van der Waals surface area contributed by atoms with Crippen molar-refractivity contribution in [2.75, 3.05) is 7.11 Å². The Morgan fingerprint density at radius 1 is 1.16 bits per heavy atom. The van der Waals surface area contributed by atoms with Crippen molar-refractivity contribution in [3.63, 3.8) is 0 Å². The number of sulfonamides is 1. The topological polar surface area (TPSA) is 68.7 Å². The lowest BCUT2D eigenvalue weighted by Gasteiger charge is -2.27. The first-order valence-corrected chi connectivity index (χ1v) is 12.5. The van der Waals surface area contributed by atoms with Gasteiger partial charge < -0.3 is 9.47 Å². The minimum absolute atomic E-state index is 0.181. The molecular weight excluding hydrogens is 456 g/mol. The molecule has 0 bridgehead atoms. The minimum Gasteiger partial charge on any atom is -0.497 e. The van der Waals surface area contributed by atoms with Crippen LogP contribution in [-0.2, 0) is 23.2 Å². The maximum atomic E-state index is 13.3. The molecule has 0 amide bonds. The number of ether oxygens (including phenoxy) is 2. The highest BCUT2D eigenvalue weighted by atomic mass is 35.5. The number of halogens is 1. The summed E-state index contributed by atoms with van der Waals surface area (Å²) in [4.78, 5) is 4.80. The fourth-order valence-corrected chi connectivity index (χ4v) is 5.47. The molecule has 1 heterocycles. The van der Waals surface area contributed by atoms with E-state index in [2.05, 4.69) is 4.98 Å². The smallest absolute Gasteiger partial charge is 0.243 e. The summed E-state index contributed by atoms with van der Waals surface area (Å²) in [6.07, 6.45) is 0.685. The van der Waals surface area contributed by atoms with E-state index in [0.29, 0.717) is 35.2 Å². The average Bonchev–Trinajstić information content (AvgIpc) is 3.23. The van der Waals surface area contributed by atoms with Crippen molar-refractivity contribution in [2.24, 2.45) is 0 Å². The van der Waals surface area contributed by atoms with Crippen molar-refractivity contribution in [1.29, 1.82) is 0 Å². The van der Waals surface area contributed by atoms with Crippen LogP contribution in [0.2, 0.25) is 5.02 Å². The lowest BCUT2D eigenvalue weighted by atomic mass is 10.2. The van der Waals surface area contributed by atoms with Gasteiger partial charge in [-0.3, -0.25) is 0 Å². The van der Waals surface area contributed by atoms with Gasteiger partial charge >= 0.3 is 0 Å². The summed E-state index contributed by atoms with van der Waals surface area (Å²) < 4.78 is 39.0. The molecule has 31 heavy (non-hydrogen) atoms. The van der Waals surface area contributed by atoms with Crippen molar-refractivity contribution in [3.8, 4) is 11.5 Å². The second-order valence-electron chi connectivity index (χ2n) is 6.96. The van der Waals surface area contributed by atoms with Crippen LogP contribution in [-0.4, -0.2) is 30.9 Å². The van der Waals surface area contributed by atoms with Gasteiger partial charge in [0.05, 0.1) is 24.2 Å².